The zero-order chi connectivity index (χ0) is 24.0. The average Bonchev–Trinajstić information content (AvgIpc) is 2.83. The Morgan fingerprint density at radius 1 is 1.21 bits per heavy atom. The molecule has 0 fully saturated rings. The Hall–Kier alpha value is -3.01. The van der Waals surface area contributed by atoms with Gasteiger partial charge in [-0.05, 0) is 45.1 Å². The van der Waals surface area contributed by atoms with Crippen molar-refractivity contribution in [3.05, 3.63) is 34.1 Å². The van der Waals surface area contributed by atoms with Gasteiger partial charge in [-0.1, -0.05) is 23.4 Å². The van der Waals surface area contributed by atoms with Crippen LogP contribution in [0.4, 0.5) is 4.79 Å². The fraction of sp³-hybridized carbons (Fsp3) is 0.478. The molecule has 0 radical (unpaired) electrons. The van der Waals surface area contributed by atoms with Crippen LogP contribution in [0.2, 0.25) is 0 Å². The van der Waals surface area contributed by atoms with E-state index >= 15 is 0 Å². The molecule has 2 N–H and O–H groups in total. The monoisotopic (exact) mass is 474 g/mol. The first kappa shape index (κ1) is 24.6. The summed E-state index contributed by atoms with van der Waals surface area (Å²) in [7, 11) is 4.47. The third kappa shape index (κ3) is 5.87. The summed E-state index contributed by atoms with van der Waals surface area (Å²) in [6, 6.07) is 2.70. The van der Waals surface area contributed by atoms with Crippen LogP contribution in [0.15, 0.2) is 33.7 Å². The minimum absolute atomic E-state index is 0.209. The molecule has 9 nitrogen and oxygen atoms in total. The van der Waals surface area contributed by atoms with Crippen LogP contribution >= 0.6 is 11.8 Å². The van der Waals surface area contributed by atoms with Crippen LogP contribution in [-0.2, 0) is 11.3 Å². The first-order valence-corrected chi connectivity index (χ1v) is 11.8. The van der Waals surface area contributed by atoms with E-state index in [4.69, 9.17) is 14.5 Å². The normalized spacial score (nSPS) is 14.4. The maximum absolute atomic E-state index is 13.5. The highest BCUT2D eigenvalue weighted by molar-refractivity contribution is 8.00. The molecule has 0 bridgehead atoms. The van der Waals surface area contributed by atoms with Gasteiger partial charge in [-0.25, -0.2) is 9.78 Å². The minimum atomic E-state index is -0.646. The maximum atomic E-state index is 13.5. The number of hydrogen-bond acceptors (Lipinski definition) is 7. The lowest BCUT2D eigenvalue weighted by atomic mass is 9.97. The van der Waals surface area contributed by atoms with Gasteiger partial charge >= 0.3 is 6.03 Å². The van der Waals surface area contributed by atoms with E-state index in [1.165, 1.54) is 33.3 Å². The largest absolute Gasteiger partial charge is 0.493 e. The number of ether oxygens (including phenoxy) is 2. The molecule has 0 unspecified atom stereocenters. The van der Waals surface area contributed by atoms with E-state index in [0.29, 0.717) is 34.1 Å². The molecule has 3 rings (SSSR count). The smallest absolute Gasteiger partial charge is 0.321 e. The van der Waals surface area contributed by atoms with Gasteiger partial charge in [-0.3, -0.25) is 19.5 Å². The Morgan fingerprint density at radius 2 is 1.94 bits per heavy atom. The van der Waals surface area contributed by atoms with Gasteiger partial charge in [0.25, 0.3) is 5.56 Å². The Kier molecular flexibility index (Phi) is 8.37. The highest BCUT2D eigenvalue weighted by Crippen LogP contribution is 2.32. The lowest BCUT2D eigenvalue weighted by Crippen LogP contribution is -2.41. The van der Waals surface area contributed by atoms with Crippen LogP contribution in [0.25, 0.3) is 10.9 Å². The van der Waals surface area contributed by atoms with Crippen LogP contribution in [0.5, 0.6) is 11.5 Å². The number of benzene rings is 1. The van der Waals surface area contributed by atoms with E-state index in [-0.39, 0.29) is 5.56 Å². The van der Waals surface area contributed by atoms with E-state index in [9.17, 15) is 14.4 Å². The van der Waals surface area contributed by atoms with Crippen molar-refractivity contribution >= 4 is 34.6 Å². The fourth-order valence-corrected chi connectivity index (χ4v) is 4.62. The number of urea groups is 1. The van der Waals surface area contributed by atoms with Crippen molar-refractivity contribution in [2.75, 3.05) is 21.3 Å². The molecule has 0 saturated heterocycles. The lowest BCUT2D eigenvalue weighted by molar-refractivity contribution is -0.119. The molecule has 3 amide bonds. The zero-order valence-electron chi connectivity index (χ0n) is 19.4. The van der Waals surface area contributed by atoms with Gasteiger partial charge in [0.2, 0.25) is 5.91 Å². The number of imide groups is 1. The zero-order valence-corrected chi connectivity index (χ0v) is 20.2. The van der Waals surface area contributed by atoms with Crippen molar-refractivity contribution in [3.8, 4) is 11.5 Å². The highest BCUT2D eigenvalue weighted by Gasteiger charge is 2.22. The number of hydrogen-bond donors (Lipinski definition) is 2. The SMILES string of the molecule is CNC(=O)NC(=O)[C@H](C)Sc1nc2cc(OC)c(OC)cc2c(=O)n1CCC1=CCCCC1. The van der Waals surface area contributed by atoms with E-state index < -0.39 is 17.2 Å². The van der Waals surface area contributed by atoms with Crippen LogP contribution in [-0.4, -0.2) is 48.0 Å². The van der Waals surface area contributed by atoms with Crippen LogP contribution in [0.1, 0.15) is 39.0 Å². The molecule has 0 aliphatic heterocycles. The van der Waals surface area contributed by atoms with Gasteiger partial charge in [-0.2, -0.15) is 0 Å². The second-order valence-electron chi connectivity index (χ2n) is 7.76. The predicted octanol–water partition coefficient (Wildman–Crippen LogP) is 3.24. The molecule has 1 aromatic heterocycles. The molecule has 178 valence electrons. The number of fused-ring (bicyclic) bond motifs is 1. The molecule has 2 aromatic rings. The summed E-state index contributed by atoms with van der Waals surface area (Å²) in [5.74, 6) is 0.440. The van der Waals surface area contributed by atoms with Crippen molar-refractivity contribution in [1.82, 2.24) is 20.2 Å². The summed E-state index contributed by atoms with van der Waals surface area (Å²) in [6.07, 6.45) is 7.45. The topological polar surface area (TPSA) is 112 Å². The number of rotatable bonds is 8. The first-order valence-electron chi connectivity index (χ1n) is 10.9. The molecule has 1 aliphatic carbocycles. The number of methoxy groups -OCH3 is 2. The standard InChI is InChI=1S/C23H30N4O5S/c1-14(20(28)26-22(30)24-2)33-23-25-17-13-19(32-4)18(31-3)12-16(17)21(29)27(23)11-10-15-8-6-5-7-9-15/h8,12-14H,5-7,9-11H2,1-4H3,(H2,24,26,28,30)/t14-/m0/s1. The molecule has 1 atom stereocenters. The van der Waals surface area contributed by atoms with E-state index in [2.05, 4.69) is 16.7 Å². The van der Waals surface area contributed by atoms with Crippen molar-refractivity contribution in [2.45, 2.75) is 56.0 Å². The van der Waals surface area contributed by atoms with E-state index in [1.807, 2.05) is 0 Å². The third-order valence-electron chi connectivity index (χ3n) is 5.58. The number of aromatic nitrogens is 2. The van der Waals surface area contributed by atoms with Crippen LogP contribution < -0.4 is 25.7 Å². The lowest BCUT2D eigenvalue weighted by Gasteiger charge is -2.18. The number of allylic oxidation sites excluding steroid dienone is 2. The summed E-state index contributed by atoms with van der Waals surface area (Å²) in [4.78, 5) is 42.1. The van der Waals surface area contributed by atoms with Crippen molar-refractivity contribution in [1.29, 1.82) is 0 Å². The Morgan fingerprint density at radius 3 is 2.58 bits per heavy atom. The molecule has 10 heteroatoms. The summed E-state index contributed by atoms with van der Waals surface area (Å²) >= 11 is 1.14. The summed E-state index contributed by atoms with van der Waals surface area (Å²) in [6.45, 7) is 2.12. The average molecular weight is 475 g/mol. The second kappa shape index (κ2) is 11.2. The molecular weight excluding hydrogens is 444 g/mol. The summed E-state index contributed by atoms with van der Waals surface area (Å²) in [5, 5.41) is 4.80. The number of carbonyl (C=O) groups excluding carboxylic acids is 2. The number of thioether (sulfide) groups is 1. The Balaban J connectivity index is 2.01. The number of carbonyl (C=O) groups is 2. The van der Waals surface area contributed by atoms with Crippen molar-refractivity contribution in [2.24, 2.45) is 0 Å². The van der Waals surface area contributed by atoms with E-state index in [0.717, 1.165) is 37.4 Å². The van der Waals surface area contributed by atoms with Crippen molar-refractivity contribution in [3.63, 3.8) is 0 Å². The highest BCUT2D eigenvalue weighted by atomic mass is 32.2. The maximum Gasteiger partial charge on any atom is 0.321 e. The molecule has 0 spiro atoms. The molecule has 1 heterocycles. The van der Waals surface area contributed by atoms with Gasteiger partial charge in [0, 0.05) is 19.7 Å². The summed E-state index contributed by atoms with van der Waals surface area (Å²) < 4.78 is 12.3. The Bertz CT molecular complexity index is 1130. The fourth-order valence-electron chi connectivity index (χ4n) is 3.69. The van der Waals surface area contributed by atoms with Crippen LogP contribution in [0.3, 0.4) is 0 Å². The molecule has 33 heavy (non-hydrogen) atoms. The van der Waals surface area contributed by atoms with Gasteiger partial charge in [0.05, 0.1) is 30.4 Å². The second-order valence-corrected chi connectivity index (χ2v) is 9.07. The van der Waals surface area contributed by atoms with Gasteiger partial charge < -0.3 is 14.8 Å². The predicted molar refractivity (Wildman–Crippen MR) is 128 cm³/mol. The van der Waals surface area contributed by atoms with Gasteiger partial charge in [0.1, 0.15) is 0 Å². The molecule has 1 aromatic carbocycles. The minimum Gasteiger partial charge on any atom is -0.493 e. The van der Waals surface area contributed by atoms with Gasteiger partial charge in [0.15, 0.2) is 16.7 Å². The number of nitrogens with zero attached hydrogens (tertiary/aromatic N) is 2. The molecule has 1 aliphatic rings. The molecular formula is C23H30N4O5S. The van der Waals surface area contributed by atoms with E-state index in [1.54, 1.807) is 23.6 Å². The number of amides is 3. The molecule has 0 saturated carbocycles. The van der Waals surface area contributed by atoms with Crippen molar-refractivity contribution < 1.29 is 19.1 Å². The van der Waals surface area contributed by atoms with Gasteiger partial charge in [-0.15, -0.1) is 0 Å². The first-order chi connectivity index (χ1) is 15.9. The summed E-state index contributed by atoms with van der Waals surface area (Å²) in [5.41, 5.74) is 1.58. The third-order valence-corrected chi connectivity index (χ3v) is 6.67. The quantitative estimate of drug-likeness (QED) is 0.343. The Labute approximate surface area is 196 Å². The number of nitrogens with one attached hydrogen (secondary N) is 2. The van der Waals surface area contributed by atoms with Crippen LogP contribution in [0, 0.1) is 0 Å².